The number of benzene rings is 3. The highest BCUT2D eigenvalue weighted by Gasteiger charge is 2.32. The molecule has 1 heterocycles. The average Bonchev–Trinajstić information content (AvgIpc) is 3.05. The van der Waals surface area contributed by atoms with Crippen LogP contribution < -0.4 is 20.7 Å². The van der Waals surface area contributed by atoms with Gasteiger partial charge in [0.25, 0.3) is 0 Å². The van der Waals surface area contributed by atoms with E-state index < -0.39 is 41.8 Å². The Balaban J connectivity index is 1.53. The molecular weight excluding hydrogens is 610 g/mol. The first-order valence-corrected chi connectivity index (χ1v) is 14.5. The van der Waals surface area contributed by atoms with E-state index >= 15 is 0 Å². The Hall–Kier alpha value is -4.85. The second-order valence-electron chi connectivity index (χ2n) is 11.2. The number of likely N-dealkylation sites (N-methyl/N-ethyl adjacent to an activating group) is 1. The number of nitrogens with one attached hydrogen (secondary N) is 3. The van der Waals surface area contributed by atoms with Gasteiger partial charge in [0.2, 0.25) is 5.91 Å². The van der Waals surface area contributed by atoms with Crippen molar-refractivity contribution in [2.75, 3.05) is 42.7 Å². The van der Waals surface area contributed by atoms with Gasteiger partial charge in [0, 0.05) is 42.1 Å². The summed E-state index contributed by atoms with van der Waals surface area (Å²) < 4.78 is 58.3. The van der Waals surface area contributed by atoms with E-state index in [1.54, 1.807) is 30.0 Å². The van der Waals surface area contributed by atoms with Crippen molar-refractivity contribution in [1.82, 2.24) is 9.80 Å². The van der Waals surface area contributed by atoms with Crippen LogP contribution in [-0.2, 0) is 17.4 Å². The van der Waals surface area contributed by atoms with Gasteiger partial charge >= 0.3 is 18.2 Å². The molecule has 0 saturated carbocycles. The highest BCUT2D eigenvalue weighted by atomic mass is 19.4. The van der Waals surface area contributed by atoms with Gasteiger partial charge in [-0.15, -0.1) is 0 Å². The second-order valence-corrected chi connectivity index (χ2v) is 11.2. The second kappa shape index (κ2) is 14.5. The Morgan fingerprint density at radius 2 is 1.59 bits per heavy atom. The molecule has 1 aliphatic rings. The summed E-state index contributed by atoms with van der Waals surface area (Å²) in [5.41, 5.74) is 0.519. The smallest absolute Gasteiger partial charge is 0.416 e. The van der Waals surface area contributed by atoms with Gasteiger partial charge in [0.15, 0.2) is 0 Å². The van der Waals surface area contributed by atoms with Gasteiger partial charge in [-0.3, -0.25) is 4.79 Å². The zero-order chi connectivity index (χ0) is 33.6. The molecule has 0 saturated heterocycles. The van der Waals surface area contributed by atoms with E-state index in [-0.39, 0.29) is 43.6 Å². The van der Waals surface area contributed by atoms with Gasteiger partial charge < -0.3 is 35.6 Å². The molecule has 1 aliphatic heterocycles. The number of halogens is 4. The Labute approximate surface area is 263 Å². The largest absolute Gasteiger partial charge is 0.488 e. The molecule has 3 aromatic rings. The monoisotopic (exact) mass is 645 g/mol. The van der Waals surface area contributed by atoms with Crippen molar-refractivity contribution in [2.24, 2.45) is 5.92 Å². The first-order valence-electron chi connectivity index (χ1n) is 14.5. The van der Waals surface area contributed by atoms with Crippen molar-refractivity contribution in [3.05, 3.63) is 83.7 Å². The zero-order valence-corrected chi connectivity index (χ0v) is 25.4. The van der Waals surface area contributed by atoms with E-state index in [2.05, 4.69) is 16.0 Å². The summed E-state index contributed by atoms with van der Waals surface area (Å²) in [4.78, 5) is 41.9. The number of rotatable bonds is 7. The fourth-order valence-electron chi connectivity index (χ4n) is 4.87. The number of aliphatic hydroxyl groups is 1. The lowest BCUT2D eigenvalue weighted by atomic mass is 10.0. The van der Waals surface area contributed by atoms with Crippen LogP contribution in [0.25, 0.3) is 0 Å². The third-order valence-corrected chi connectivity index (χ3v) is 7.54. The maximum atomic E-state index is 13.4. The van der Waals surface area contributed by atoms with Crippen molar-refractivity contribution in [2.45, 2.75) is 38.6 Å². The van der Waals surface area contributed by atoms with Crippen LogP contribution in [0.15, 0.2) is 66.7 Å². The molecule has 0 unspecified atom stereocenters. The molecule has 0 spiro atoms. The molecule has 0 aromatic heterocycles. The lowest BCUT2D eigenvalue weighted by Crippen LogP contribution is -2.48. The topological polar surface area (TPSA) is 123 Å². The molecule has 4 rings (SSSR count). The average molecular weight is 646 g/mol. The van der Waals surface area contributed by atoms with Crippen molar-refractivity contribution in [3.63, 3.8) is 0 Å². The minimum absolute atomic E-state index is 0.0443. The number of amides is 5. The van der Waals surface area contributed by atoms with Gasteiger partial charge in [-0.25, -0.2) is 14.0 Å². The Morgan fingerprint density at radius 3 is 2.22 bits per heavy atom. The molecule has 3 aromatic carbocycles. The van der Waals surface area contributed by atoms with Crippen LogP contribution in [0.1, 0.15) is 25.0 Å². The molecule has 0 fully saturated rings. The number of urea groups is 2. The van der Waals surface area contributed by atoms with Crippen molar-refractivity contribution in [3.8, 4) is 5.75 Å². The summed E-state index contributed by atoms with van der Waals surface area (Å²) in [5.74, 6) is -0.703. The maximum Gasteiger partial charge on any atom is 0.416 e. The third-order valence-electron chi connectivity index (χ3n) is 7.54. The molecule has 0 radical (unpaired) electrons. The number of nitrogens with zero attached hydrogens (tertiary/aromatic N) is 2. The standard InChI is InChI=1S/C32H35F4N5O5/c1-19-16-41(20(2)18-42)29(43)15-21-14-26(38-30(44)37-24-10-6-23(33)7-11-24)12-13-27(21)46-28(19)17-40(3)31(45)39-25-8-4-22(5-9-25)32(34,35)36/h4-14,19-20,28,42H,15-18H2,1-3H3,(H,39,45)(H2,37,38,44)/t19-,20+,28-/m0/s1. The number of alkyl halides is 3. The molecule has 10 nitrogen and oxygen atoms in total. The number of ether oxygens (including phenoxy) is 1. The summed E-state index contributed by atoms with van der Waals surface area (Å²) in [6, 6.07) is 12.4. The van der Waals surface area contributed by atoms with Gasteiger partial charge in [0.05, 0.1) is 31.2 Å². The van der Waals surface area contributed by atoms with E-state index in [0.717, 1.165) is 24.3 Å². The number of fused-ring (bicyclic) bond motifs is 1. The van der Waals surface area contributed by atoms with Gasteiger partial charge in [-0.05, 0) is 73.7 Å². The van der Waals surface area contributed by atoms with Crippen molar-refractivity contribution < 1.29 is 41.8 Å². The number of carbonyl (C=O) groups excluding carboxylic acids is 3. The van der Waals surface area contributed by atoms with Crippen LogP contribution in [0.4, 0.5) is 44.2 Å². The number of hydrogen-bond acceptors (Lipinski definition) is 5. The number of carbonyl (C=O) groups is 3. The minimum atomic E-state index is -4.50. The summed E-state index contributed by atoms with van der Waals surface area (Å²) in [7, 11) is 1.51. The van der Waals surface area contributed by atoms with Crippen molar-refractivity contribution >= 4 is 35.0 Å². The molecule has 0 bridgehead atoms. The summed E-state index contributed by atoms with van der Waals surface area (Å²) in [6.45, 7) is 3.52. The number of hydrogen-bond donors (Lipinski definition) is 4. The molecule has 46 heavy (non-hydrogen) atoms. The van der Waals surface area contributed by atoms with Crippen LogP contribution in [0.2, 0.25) is 0 Å². The highest BCUT2D eigenvalue weighted by Crippen LogP contribution is 2.31. The van der Waals surface area contributed by atoms with E-state index in [1.807, 2.05) is 6.92 Å². The predicted octanol–water partition coefficient (Wildman–Crippen LogP) is 5.80. The molecular formula is C32H35F4N5O5. The van der Waals surface area contributed by atoms with Crippen LogP contribution >= 0.6 is 0 Å². The SMILES string of the molecule is C[C@H](CO)N1C[C@H](C)[C@H](CN(C)C(=O)Nc2ccc(C(F)(F)F)cc2)Oc2ccc(NC(=O)Nc3ccc(F)cc3)cc2CC1=O. The van der Waals surface area contributed by atoms with Gasteiger partial charge in [0.1, 0.15) is 17.7 Å². The lowest BCUT2D eigenvalue weighted by Gasteiger charge is -2.34. The normalized spacial score (nSPS) is 17.4. The Kier molecular flexibility index (Phi) is 10.7. The zero-order valence-electron chi connectivity index (χ0n) is 25.4. The van der Waals surface area contributed by atoms with Gasteiger partial charge in [-0.2, -0.15) is 13.2 Å². The van der Waals surface area contributed by atoms with Crippen LogP contribution in [0.3, 0.4) is 0 Å². The van der Waals surface area contributed by atoms with Crippen molar-refractivity contribution in [1.29, 1.82) is 0 Å². The number of aliphatic hydroxyl groups excluding tert-OH is 1. The van der Waals surface area contributed by atoms with Crippen LogP contribution in [-0.4, -0.2) is 71.8 Å². The summed E-state index contributed by atoms with van der Waals surface area (Å²) in [5, 5.41) is 17.7. The Morgan fingerprint density at radius 1 is 1.00 bits per heavy atom. The van der Waals surface area contributed by atoms with E-state index in [0.29, 0.717) is 22.7 Å². The molecule has 246 valence electrons. The number of anilines is 3. The third kappa shape index (κ3) is 8.87. The molecule has 3 atom stereocenters. The van der Waals surface area contributed by atoms with Crippen LogP contribution in [0.5, 0.6) is 5.75 Å². The minimum Gasteiger partial charge on any atom is -0.488 e. The summed E-state index contributed by atoms with van der Waals surface area (Å²) >= 11 is 0. The fraction of sp³-hybridized carbons (Fsp3) is 0.344. The lowest BCUT2D eigenvalue weighted by molar-refractivity contribution is -0.137. The first-order chi connectivity index (χ1) is 21.7. The molecule has 14 heteroatoms. The molecule has 4 N–H and O–H groups in total. The fourth-order valence-corrected chi connectivity index (χ4v) is 4.87. The first kappa shape index (κ1) is 34.0. The van der Waals surface area contributed by atoms with Gasteiger partial charge in [-0.1, -0.05) is 6.92 Å². The highest BCUT2D eigenvalue weighted by molar-refractivity contribution is 6.00. The molecule has 0 aliphatic carbocycles. The van der Waals surface area contributed by atoms with E-state index in [4.69, 9.17) is 4.74 Å². The predicted molar refractivity (Wildman–Crippen MR) is 164 cm³/mol. The van der Waals surface area contributed by atoms with Crippen LogP contribution in [0, 0.1) is 11.7 Å². The summed E-state index contributed by atoms with van der Waals surface area (Å²) in [6.07, 6.45) is -5.25. The molecule has 5 amide bonds. The quantitative estimate of drug-likeness (QED) is 0.242. The van der Waals surface area contributed by atoms with E-state index in [9.17, 15) is 37.1 Å². The Bertz CT molecular complexity index is 1540. The van der Waals surface area contributed by atoms with E-state index in [1.165, 1.54) is 36.2 Å². The maximum absolute atomic E-state index is 13.4.